The lowest BCUT2D eigenvalue weighted by atomic mass is 10.1. The summed E-state index contributed by atoms with van der Waals surface area (Å²) in [6, 6.07) is 0. The number of carbonyl (C=O) groups excluding carboxylic acids is 2. The van der Waals surface area contributed by atoms with Gasteiger partial charge in [-0.1, -0.05) is 51.2 Å². The molecule has 0 heterocycles. The van der Waals surface area contributed by atoms with E-state index in [4.69, 9.17) is 9.79 Å². The second-order valence-corrected chi connectivity index (χ2v) is 8.43. The van der Waals surface area contributed by atoms with Crippen LogP contribution >= 0.6 is 7.60 Å². The van der Waals surface area contributed by atoms with Crippen LogP contribution in [-0.4, -0.2) is 34.2 Å². The molecule has 0 atom stereocenters. The van der Waals surface area contributed by atoms with Crippen LogP contribution in [0, 0.1) is 0 Å². The second-order valence-electron chi connectivity index (χ2n) is 6.65. The number of unbranched alkanes of at least 4 members (excludes halogenated alkanes) is 9. The average molecular weight is 389 g/mol. The fourth-order valence-electron chi connectivity index (χ4n) is 2.55. The number of allylic oxidation sites excluding steroid dienone is 2. The van der Waals surface area contributed by atoms with Crippen molar-refractivity contribution in [2.24, 2.45) is 0 Å². The zero-order valence-electron chi connectivity index (χ0n) is 16.1. The van der Waals surface area contributed by atoms with E-state index >= 15 is 0 Å². The first-order valence-electron chi connectivity index (χ1n) is 9.87. The number of hydrogen-bond donors (Lipinski definition) is 3. The Labute approximate surface area is 158 Å². The molecular formula is C19H36NO5P. The lowest BCUT2D eigenvalue weighted by Gasteiger charge is -2.03. The van der Waals surface area contributed by atoms with Crippen molar-refractivity contribution in [2.45, 2.75) is 84.0 Å². The highest BCUT2D eigenvalue weighted by Gasteiger charge is 2.11. The van der Waals surface area contributed by atoms with Crippen LogP contribution in [0.3, 0.4) is 0 Å². The van der Waals surface area contributed by atoms with E-state index in [2.05, 4.69) is 17.5 Å². The summed E-state index contributed by atoms with van der Waals surface area (Å²) >= 11 is 0. The van der Waals surface area contributed by atoms with Crippen molar-refractivity contribution in [2.75, 3.05) is 12.7 Å². The monoisotopic (exact) mass is 389 g/mol. The molecule has 0 aromatic heterocycles. The molecule has 26 heavy (non-hydrogen) atoms. The zero-order chi connectivity index (χ0) is 19.7. The maximum atomic E-state index is 11.2. The summed E-state index contributed by atoms with van der Waals surface area (Å²) in [5, 5.41) is 2.63. The molecule has 0 saturated carbocycles. The quantitative estimate of drug-likeness (QED) is 0.150. The van der Waals surface area contributed by atoms with Gasteiger partial charge in [-0.15, -0.1) is 0 Å². The normalized spacial score (nSPS) is 11.8. The number of nitrogens with one attached hydrogen (secondary N) is 1. The third-order valence-corrected chi connectivity index (χ3v) is 5.04. The lowest BCUT2D eigenvalue weighted by molar-refractivity contribution is -0.137. The standard InChI is InChI=1S/C19H36NO5P/c1-2-18(21)19(22)20-16-14-12-10-8-6-4-3-5-7-9-11-13-15-17-26(23,24)25/h6,8H,2-5,7,9-17H2,1H3,(H,20,22)(H2,23,24,25)/b8-6-. The summed E-state index contributed by atoms with van der Waals surface area (Å²) in [5.74, 6) is -0.823. The van der Waals surface area contributed by atoms with Gasteiger partial charge in [0.05, 0.1) is 0 Å². The first-order chi connectivity index (χ1) is 12.4. The molecule has 0 aliphatic carbocycles. The van der Waals surface area contributed by atoms with Crippen molar-refractivity contribution in [1.82, 2.24) is 5.32 Å². The summed E-state index contributed by atoms with van der Waals surface area (Å²) in [7, 11) is -3.80. The van der Waals surface area contributed by atoms with Gasteiger partial charge in [0.15, 0.2) is 0 Å². The van der Waals surface area contributed by atoms with Gasteiger partial charge in [0.25, 0.3) is 5.91 Å². The van der Waals surface area contributed by atoms with Gasteiger partial charge in [-0.05, 0) is 38.5 Å². The van der Waals surface area contributed by atoms with Crippen LogP contribution in [0.1, 0.15) is 84.0 Å². The van der Waals surface area contributed by atoms with E-state index in [0.29, 0.717) is 13.0 Å². The highest BCUT2D eigenvalue weighted by atomic mass is 31.2. The van der Waals surface area contributed by atoms with Crippen LogP contribution in [-0.2, 0) is 14.2 Å². The van der Waals surface area contributed by atoms with Crippen molar-refractivity contribution in [3.63, 3.8) is 0 Å². The number of carbonyl (C=O) groups is 2. The Morgan fingerprint density at radius 2 is 1.35 bits per heavy atom. The molecule has 3 N–H and O–H groups in total. The number of Topliss-reactive ketones (excluding diaryl/α,β-unsaturated/α-hetero) is 1. The first kappa shape index (κ1) is 25.0. The molecule has 1 amide bonds. The van der Waals surface area contributed by atoms with Crippen LogP contribution in [0.5, 0.6) is 0 Å². The fraction of sp³-hybridized carbons (Fsp3) is 0.789. The smallest absolute Gasteiger partial charge is 0.325 e. The molecule has 0 aliphatic heterocycles. The Kier molecular flexibility index (Phi) is 15.6. The fourth-order valence-corrected chi connectivity index (χ4v) is 3.18. The van der Waals surface area contributed by atoms with E-state index in [1.807, 2.05) is 0 Å². The highest BCUT2D eigenvalue weighted by molar-refractivity contribution is 7.51. The molecule has 152 valence electrons. The minimum atomic E-state index is -3.80. The molecule has 0 radical (unpaired) electrons. The molecule has 6 nitrogen and oxygen atoms in total. The number of ketones is 1. The summed E-state index contributed by atoms with van der Waals surface area (Å²) in [6.07, 6.45) is 15.9. The topological polar surface area (TPSA) is 104 Å². The number of rotatable bonds is 17. The Hall–Kier alpha value is -0.970. The highest BCUT2D eigenvalue weighted by Crippen LogP contribution is 2.35. The van der Waals surface area contributed by atoms with Crippen LogP contribution in [0.15, 0.2) is 12.2 Å². The molecule has 0 aromatic carbocycles. The molecule has 0 bridgehead atoms. The number of amides is 1. The van der Waals surface area contributed by atoms with Crippen LogP contribution in [0.25, 0.3) is 0 Å². The van der Waals surface area contributed by atoms with Crippen molar-refractivity contribution in [1.29, 1.82) is 0 Å². The van der Waals surface area contributed by atoms with Gasteiger partial charge >= 0.3 is 7.60 Å². The van der Waals surface area contributed by atoms with Gasteiger partial charge in [-0.2, -0.15) is 0 Å². The molecule has 0 fully saturated rings. The third kappa shape index (κ3) is 17.8. The number of hydrogen-bond acceptors (Lipinski definition) is 3. The van der Waals surface area contributed by atoms with Gasteiger partial charge in [0, 0.05) is 19.1 Å². The maximum Gasteiger partial charge on any atom is 0.325 e. The summed E-state index contributed by atoms with van der Waals surface area (Å²) in [4.78, 5) is 39.8. The van der Waals surface area contributed by atoms with Crippen LogP contribution < -0.4 is 5.32 Å². The predicted octanol–water partition coefficient (Wildman–Crippen LogP) is 4.11. The van der Waals surface area contributed by atoms with Gasteiger partial charge in [0.1, 0.15) is 0 Å². The van der Waals surface area contributed by atoms with Crippen molar-refractivity contribution in [3.8, 4) is 0 Å². The van der Waals surface area contributed by atoms with Gasteiger partial charge < -0.3 is 15.1 Å². The molecule has 0 aromatic rings. The van der Waals surface area contributed by atoms with E-state index in [1.165, 1.54) is 19.3 Å². The average Bonchev–Trinajstić information content (AvgIpc) is 2.59. The second kappa shape index (κ2) is 16.2. The molecular weight excluding hydrogens is 353 g/mol. The molecule has 0 saturated heterocycles. The lowest BCUT2D eigenvalue weighted by Crippen LogP contribution is -2.31. The van der Waals surface area contributed by atoms with Crippen molar-refractivity contribution >= 4 is 19.3 Å². The summed E-state index contributed by atoms with van der Waals surface area (Å²) < 4.78 is 10.7. The molecule has 7 heteroatoms. The van der Waals surface area contributed by atoms with E-state index < -0.39 is 13.5 Å². The van der Waals surface area contributed by atoms with E-state index in [9.17, 15) is 14.2 Å². The van der Waals surface area contributed by atoms with Crippen LogP contribution in [0.2, 0.25) is 0 Å². The largest absolute Gasteiger partial charge is 0.350 e. The minimum Gasteiger partial charge on any atom is -0.350 e. The third-order valence-electron chi connectivity index (χ3n) is 4.14. The maximum absolute atomic E-state index is 11.2. The zero-order valence-corrected chi connectivity index (χ0v) is 17.0. The Balaban J connectivity index is 3.28. The summed E-state index contributed by atoms with van der Waals surface area (Å²) in [6.45, 7) is 2.25. The molecule has 0 rings (SSSR count). The first-order valence-corrected chi connectivity index (χ1v) is 11.7. The van der Waals surface area contributed by atoms with Crippen LogP contribution in [0.4, 0.5) is 0 Å². The van der Waals surface area contributed by atoms with E-state index in [-0.39, 0.29) is 18.4 Å². The van der Waals surface area contributed by atoms with Gasteiger partial charge in [-0.25, -0.2) is 0 Å². The minimum absolute atomic E-state index is 0.0149. The Morgan fingerprint density at radius 1 is 0.846 bits per heavy atom. The van der Waals surface area contributed by atoms with Crippen molar-refractivity contribution < 1.29 is 23.9 Å². The Morgan fingerprint density at radius 3 is 1.88 bits per heavy atom. The van der Waals surface area contributed by atoms with Gasteiger partial charge in [0.2, 0.25) is 5.78 Å². The Bertz CT molecular complexity index is 459. The van der Waals surface area contributed by atoms with E-state index in [0.717, 1.165) is 44.9 Å². The molecule has 0 spiro atoms. The van der Waals surface area contributed by atoms with Crippen molar-refractivity contribution in [3.05, 3.63) is 12.2 Å². The SMILES string of the molecule is CCC(=O)C(=O)NCCCC/C=C\CCCCCCCCCP(=O)(O)O. The summed E-state index contributed by atoms with van der Waals surface area (Å²) in [5.41, 5.74) is 0. The molecule has 0 unspecified atom stereocenters. The predicted molar refractivity (Wildman–Crippen MR) is 105 cm³/mol. The van der Waals surface area contributed by atoms with Gasteiger partial charge in [-0.3, -0.25) is 14.2 Å². The van der Waals surface area contributed by atoms with E-state index in [1.54, 1.807) is 6.92 Å². The molecule has 0 aliphatic rings.